The highest BCUT2D eigenvalue weighted by molar-refractivity contribution is 7.17. The van der Waals surface area contributed by atoms with Crippen molar-refractivity contribution >= 4 is 50.7 Å². The Morgan fingerprint density at radius 3 is 2.86 bits per heavy atom. The first-order valence-electron chi connectivity index (χ1n) is 8.60. The Hall–Kier alpha value is -2.68. The number of primary amides is 1. The Balaban J connectivity index is 1.71. The number of halogens is 1. The number of nitrogens with one attached hydrogen (secondary N) is 2. The van der Waals surface area contributed by atoms with Gasteiger partial charge in [-0.1, -0.05) is 11.6 Å². The van der Waals surface area contributed by atoms with Crippen LogP contribution in [-0.2, 0) is 13.0 Å². The van der Waals surface area contributed by atoms with Gasteiger partial charge in [0.25, 0.3) is 11.8 Å². The van der Waals surface area contributed by atoms with Gasteiger partial charge in [0.2, 0.25) is 0 Å². The zero-order valence-electron chi connectivity index (χ0n) is 15.0. The third-order valence-corrected chi connectivity index (χ3v) is 6.12. The van der Waals surface area contributed by atoms with Crippen LogP contribution in [0.1, 0.15) is 31.3 Å². The molecule has 0 bridgehead atoms. The van der Waals surface area contributed by atoms with Gasteiger partial charge in [-0.2, -0.15) is 0 Å². The maximum Gasteiger partial charge on any atom is 0.272 e. The number of hydrogen-bond acceptors (Lipinski definition) is 5. The van der Waals surface area contributed by atoms with E-state index in [1.165, 1.54) is 17.4 Å². The summed E-state index contributed by atoms with van der Waals surface area (Å²) in [7, 11) is 2.00. The van der Waals surface area contributed by atoms with Gasteiger partial charge in [-0.15, -0.1) is 11.3 Å². The molecule has 2 aromatic heterocycles. The van der Waals surface area contributed by atoms with Gasteiger partial charge in [-0.3, -0.25) is 14.4 Å². The normalized spacial score (nSPS) is 14.1. The molecule has 1 aliphatic rings. The molecule has 0 unspecified atom stereocenters. The smallest absolute Gasteiger partial charge is 0.272 e. The average molecular weight is 417 g/mol. The van der Waals surface area contributed by atoms with Crippen molar-refractivity contribution in [2.24, 2.45) is 5.73 Å². The zero-order chi connectivity index (χ0) is 20.0. The van der Waals surface area contributed by atoms with E-state index in [1.54, 1.807) is 18.2 Å². The van der Waals surface area contributed by atoms with E-state index in [2.05, 4.69) is 15.2 Å². The summed E-state index contributed by atoms with van der Waals surface area (Å²) in [6, 6.07) is 6.05. The highest BCUT2D eigenvalue weighted by Gasteiger charge is 2.27. The summed E-state index contributed by atoms with van der Waals surface area (Å²) in [6.45, 7) is 1.52. The van der Waals surface area contributed by atoms with Crippen LogP contribution in [0.2, 0.25) is 5.02 Å². The molecule has 0 fully saturated rings. The fraction of sp³-hybridized carbons (Fsp3) is 0.211. The predicted molar refractivity (Wildman–Crippen MR) is 110 cm³/mol. The molecule has 1 aliphatic heterocycles. The molecule has 28 heavy (non-hydrogen) atoms. The van der Waals surface area contributed by atoms with Gasteiger partial charge in [0.05, 0.1) is 5.56 Å². The maximum absolute atomic E-state index is 12.8. The summed E-state index contributed by atoms with van der Waals surface area (Å²) >= 11 is 7.27. The monoisotopic (exact) mass is 416 g/mol. The topological polar surface area (TPSA) is 108 Å². The lowest BCUT2D eigenvalue weighted by atomic mass is 10.0. The maximum atomic E-state index is 12.8. The second-order valence-electron chi connectivity index (χ2n) is 6.75. The van der Waals surface area contributed by atoms with E-state index in [9.17, 15) is 14.4 Å². The van der Waals surface area contributed by atoms with Crippen molar-refractivity contribution in [3.8, 4) is 0 Å². The van der Waals surface area contributed by atoms with E-state index >= 15 is 0 Å². The Kier molecular flexibility index (Phi) is 4.70. The number of nitrogens with two attached hydrogens (primary N) is 1. The predicted octanol–water partition coefficient (Wildman–Crippen LogP) is 2.58. The fourth-order valence-corrected chi connectivity index (χ4v) is 4.89. The number of amides is 2. The number of aromatic amines is 1. The summed E-state index contributed by atoms with van der Waals surface area (Å²) in [6.07, 6.45) is 0.698. The number of fused-ring (bicyclic) bond motifs is 2. The molecule has 0 saturated heterocycles. The minimum atomic E-state index is -0.570. The number of rotatable bonds is 3. The quantitative estimate of drug-likeness (QED) is 0.609. The molecule has 3 aromatic rings. The van der Waals surface area contributed by atoms with Crippen LogP contribution >= 0.6 is 22.9 Å². The average Bonchev–Trinajstić information content (AvgIpc) is 2.99. The first-order chi connectivity index (χ1) is 13.3. The van der Waals surface area contributed by atoms with Crippen molar-refractivity contribution in [3.63, 3.8) is 0 Å². The van der Waals surface area contributed by atoms with Crippen molar-refractivity contribution in [3.05, 3.63) is 61.2 Å². The van der Waals surface area contributed by atoms with Crippen LogP contribution < -0.4 is 16.5 Å². The van der Waals surface area contributed by atoms with Crippen molar-refractivity contribution < 1.29 is 9.59 Å². The van der Waals surface area contributed by atoms with Gasteiger partial charge in [0.1, 0.15) is 10.7 Å². The molecule has 9 heteroatoms. The zero-order valence-corrected chi connectivity index (χ0v) is 16.5. The first kappa shape index (κ1) is 18.7. The van der Waals surface area contributed by atoms with E-state index in [-0.39, 0.29) is 11.1 Å². The molecule has 7 nitrogen and oxygen atoms in total. The Morgan fingerprint density at radius 2 is 2.11 bits per heavy atom. The minimum Gasteiger partial charge on any atom is -0.365 e. The van der Waals surface area contributed by atoms with E-state index in [1.807, 2.05) is 7.05 Å². The number of nitrogens with zero attached hydrogens (tertiary/aromatic N) is 1. The number of carbonyl (C=O) groups excluding carboxylic acids is 2. The highest BCUT2D eigenvalue weighted by atomic mass is 35.5. The Bertz CT molecular complexity index is 1180. The largest absolute Gasteiger partial charge is 0.365 e. The summed E-state index contributed by atoms with van der Waals surface area (Å²) in [4.78, 5) is 43.2. The number of likely N-dealkylation sites (N-methyl/N-ethyl adjacent to an activating group) is 1. The van der Waals surface area contributed by atoms with Gasteiger partial charge in [0, 0.05) is 40.0 Å². The molecule has 0 aliphatic carbocycles. The van der Waals surface area contributed by atoms with Gasteiger partial charge in [0.15, 0.2) is 5.43 Å². The summed E-state index contributed by atoms with van der Waals surface area (Å²) in [5, 5.41) is 4.00. The van der Waals surface area contributed by atoms with E-state index in [0.717, 1.165) is 17.0 Å². The van der Waals surface area contributed by atoms with Gasteiger partial charge < -0.3 is 20.9 Å². The summed E-state index contributed by atoms with van der Waals surface area (Å²) in [5.41, 5.74) is 7.11. The number of anilines is 1. The first-order valence-corrected chi connectivity index (χ1v) is 9.79. The van der Waals surface area contributed by atoms with Crippen LogP contribution in [0.5, 0.6) is 0 Å². The molecule has 4 N–H and O–H groups in total. The van der Waals surface area contributed by atoms with Crippen molar-refractivity contribution in [2.45, 2.75) is 13.0 Å². The SMILES string of the molecule is CN1CCc2c(sc(NC(=O)c3cc(=O)c4cc(Cl)ccc4[nH]3)c2C(N)=O)C1. The lowest BCUT2D eigenvalue weighted by Crippen LogP contribution is -2.27. The summed E-state index contributed by atoms with van der Waals surface area (Å²) < 4.78 is 0. The lowest BCUT2D eigenvalue weighted by Gasteiger charge is -2.22. The molecular weight excluding hydrogens is 400 g/mol. The van der Waals surface area contributed by atoms with E-state index < -0.39 is 11.8 Å². The Labute approximate surface area is 169 Å². The lowest BCUT2D eigenvalue weighted by molar-refractivity contribution is 0.1000. The minimum absolute atomic E-state index is 0.0960. The molecular formula is C19H17ClN4O3S. The summed E-state index contributed by atoms with van der Waals surface area (Å²) in [5.74, 6) is -1.08. The molecule has 144 valence electrons. The Morgan fingerprint density at radius 1 is 1.32 bits per heavy atom. The number of H-pyrrole nitrogens is 1. The standard InChI is InChI=1S/C19H17ClN4O3S/c1-24-5-4-10-15(8-24)28-19(16(10)17(21)26)23-18(27)13-7-14(25)11-6-9(20)2-3-12(11)22-13/h2-3,6-7H,4-5,8H2,1H3,(H2,21,26)(H,22,25)(H,23,27). The molecule has 0 saturated carbocycles. The van der Waals surface area contributed by atoms with Crippen LogP contribution in [0, 0.1) is 0 Å². The molecule has 2 amide bonds. The number of carbonyl (C=O) groups is 2. The van der Waals surface area contributed by atoms with Crippen LogP contribution in [-0.4, -0.2) is 35.3 Å². The second-order valence-corrected chi connectivity index (χ2v) is 8.29. The van der Waals surface area contributed by atoms with Crippen molar-refractivity contribution in [1.29, 1.82) is 0 Å². The second kappa shape index (κ2) is 7.05. The molecule has 3 heterocycles. The van der Waals surface area contributed by atoms with Gasteiger partial charge >= 0.3 is 0 Å². The van der Waals surface area contributed by atoms with Gasteiger partial charge in [-0.25, -0.2) is 0 Å². The third kappa shape index (κ3) is 3.30. The fourth-order valence-electron chi connectivity index (χ4n) is 3.39. The van der Waals surface area contributed by atoms with Crippen molar-refractivity contribution in [1.82, 2.24) is 9.88 Å². The van der Waals surface area contributed by atoms with E-state index in [0.29, 0.717) is 39.5 Å². The highest BCUT2D eigenvalue weighted by Crippen LogP contribution is 2.36. The molecule has 4 rings (SSSR count). The molecule has 1 aromatic carbocycles. The number of aromatic nitrogens is 1. The number of benzene rings is 1. The number of hydrogen-bond donors (Lipinski definition) is 3. The molecule has 0 spiro atoms. The molecule has 0 atom stereocenters. The van der Waals surface area contributed by atoms with Crippen LogP contribution in [0.4, 0.5) is 5.00 Å². The third-order valence-electron chi connectivity index (χ3n) is 4.76. The van der Waals surface area contributed by atoms with Crippen LogP contribution in [0.3, 0.4) is 0 Å². The van der Waals surface area contributed by atoms with Crippen LogP contribution in [0.15, 0.2) is 29.1 Å². The number of pyridine rings is 1. The van der Waals surface area contributed by atoms with E-state index in [4.69, 9.17) is 17.3 Å². The van der Waals surface area contributed by atoms with Crippen molar-refractivity contribution in [2.75, 3.05) is 18.9 Å². The number of thiophene rings is 1. The molecule has 0 radical (unpaired) electrons. The van der Waals surface area contributed by atoms with Gasteiger partial charge in [-0.05, 0) is 37.2 Å². The van der Waals surface area contributed by atoms with Crippen LogP contribution in [0.25, 0.3) is 10.9 Å².